The van der Waals surface area contributed by atoms with Crippen molar-refractivity contribution in [3.05, 3.63) is 59.9 Å². The van der Waals surface area contributed by atoms with Crippen molar-refractivity contribution in [1.82, 2.24) is 9.88 Å². The molecule has 21 heavy (non-hydrogen) atoms. The van der Waals surface area contributed by atoms with Gasteiger partial charge in [0.05, 0.1) is 0 Å². The van der Waals surface area contributed by atoms with Gasteiger partial charge in [0, 0.05) is 36.2 Å². The van der Waals surface area contributed by atoms with Gasteiger partial charge in [-0.3, -0.25) is 9.78 Å². The van der Waals surface area contributed by atoms with Crippen LogP contribution in [0.3, 0.4) is 0 Å². The van der Waals surface area contributed by atoms with Crippen LogP contribution in [0.4, 0.5) is 5.69 Å². The normalized spacial score (nSPS) is 17.7. The van der Waals surface area contributed by atoms with Gasteiger partial charge in [0.2, 0.25) is 0 Å². The van der Waals surface area contributed by atoms with Gasteiger partial charge in [0.15, 0.2) is 0 Å². The monoisotopic (exact) mass is 281 g/mol. The molecular formula is C17H19N3O. The van der Waals surface area contributed by atoms with Crippen molar-refractivity contribution in [3.63, 3.8) is 0 Å². The third-order valence-corrected chi connectivity index (χ3v) is 4.01. The number of hydrogen-bond acceptors (Lipinski definition) is 3. The van der Waals surface area contributed by atoms with Crippen molar-refractivity contribution < 1.29 is 4.79 Å². The lowest BCUT2D eigenvalue weighted by Gasteiger charge is -2.37. The van der Waals surface area contributed by atoms with Crippen LogP contribution in [0.1, 0.15) is 28.4 Å². The number of para-hydroxylation sites is 1. The summed E-state index contributed by atoms with van der Waals surface area (Å²) in [5, 5.41) is 0. The summed E-state index contributed by atoms with van der Waals surface area (Å²) in [6.45, 7) is 0.737. The van der Waals surface area contributed by atoms with Crippen LogP contribution in [0, 0.1) is 0 Å². The number of benzene rings is 1. The van der Waals surface area contributed by atoms with Crippen molar-refractivity contribution in [2.24, 2.45) is 0 Å². The van der Waals surface area contributed by atoms with E-state index in [1.165, 1.54) is 5.56 Å². The third kappa shape index (κ3) is 2.54. The van der Waals surface area contributed by atoms with Crippen LogP contribution in [-0.4, -0.2) is 36.4 Å². The molecule has 1 atom stereocenters. The van der Waals surface area contributed by atoms with Crippen LogP contribution >= 0.6 is 0 Å². The predicted octanol–water partition coefficient (Wildman–Crippen LogP) is 2.73. The van der Waals surface area contributed by atoms with Gasteiger partial charge < -0.3 is 9.80 Å². The fraction of sp³-hybridized carbons (Fsp3) is 0.294. The summed E-state index contributed by atoms with van der Waals surface area (Å²) in [5.41, 5.74) is 2.92. The molecule has 0 bridgehead atoms. The molecule has 0 fully saturated rings. The SMILES string of the molecule is CN(C)C1CCN(C(=O)c2ccncc2)c2ccccc21. The minimum atomic E-state index is 0.0436. The number of rotatable bonds is 2. The molecule has 108 valence electrons. The number of fused-ring (bicyclic) bond motifs is 1. The highest BCUT2D eigenvalue weighted by Gasteiger charge is 2.29. The summed E-state index contributed by atoms with van der Waals surface area (Å²) in [6.07, 6.45) is 4.26. The highest BCUT2D eigenvalue weighted by atomic mass is 16.2. The quantitative estimate of drug-likeness (QED) is 0.849. The standard InChI is InChI=1S/C17H19N3O/c1-19(2)15-9-12-20(16-6-4-3-5-14(15)16)17(21)13-7-10-18-11-8-13/h3-8,10-11,15H,9,12H2,1-2H3. The molecule has 0 N–H and O–H groups in total. The smallest absolute Gasteiger partial charge is 0.258 e. The maximum absolute atomic E-state index is 12.7. The van der Waals surface area contributed by atoms with Crippen LogP contribution < -0.4 is 4.90 Å². The second-order valence-corrected chi connectivity index (χ2v) is 5.52. The molecule has 0 saturated carbocycles. The number of amides is 1. The van der Waals surface area contributed by atoms with Gasteiger partial charge in [-0.25, -0.2) is 0 Å². The topological polar surface area (TPSA) is 36.4 Å². The summed E-state index contributed by atoms with van der Waals surface area (Å²) in [4.78, 5) is 20.8. The maximum atomic E-state index is 12.7. The molecule has 1 aliphatic heterocycles. The second kappa shape index (κ2) is 5.66. The molecule has 1 amide bonds. The molecule has 0 aliphatic carbocycles. The first-order valence-electron chi connectivity index (χ1n) is 7.15. The second-order valence-electron chi connectivity index (χ2n) is 5.52. The average molecular weight is 281 g/mol. The Balaban J connectivity index is 1.98. The van der Waals surface area contributed by atoms with Crippen LogP contribution in [-0.2, 0) is 0 Å². The lowest BCUT2D eigenvalue weighted by molar-refractivity contribution is 0.0980. The van der Waals surface area contributed by atoms with E-state index < -0.39 is 0 Å². The van der Waals surface area contributed by atoms with Crippen molar-refractivity contribution in [2.75, 3.05) is 25.5 Å². The Morgan fingerprint density at radius 3 is 2.62 bits per heavy atom. The molecule has 0 radical (unpaired) electrons. The van der Waals surface area contributed by atoms with E-state index in [1.54, 1.807) is 24.5 Å². The molecule has 1 aromatic carbocycles. The van der Waals surface area contributed by atoms with Gasteiger partial charge in [-0.05, 0) is 44.3 Å². The van der Waals surface area contributed by atoms with Gasteiger partial charge in [0.25, 0.3) is 5.91 Å². The number of anilines is 1. The van der Waals surface area contributed by atoms with Crippen molar-refractivity contribution >= 4 is 11.6 Å². The highest BCUT2D eigenvalue weighted by molar-refractivity contribution is 6.06. The summed E-state index contributed by atoms with van der Waals surface area (Å²) >= 11 is 0. The number of aromatic nitrogens is 1. The number of pyridine rings is 1. The van der Waals surface area contributed by atoms with E-state index in [4.69, 9.17) is 0 Å². The zero-order valence-electron chi connectivity index (χ0n) is 12.4. The molecule has 3 rings (SSSR count). The van der Waals surface area contributed by atoms with Crippen LogP contribution in [0.25, 0.3) is 0 Å². The van der Waals surface area contributed by atoms with Crippen molar-refractivity contribution in [3.8, 4) is 0 Å². The van der Waals surface area contributed by atoms with Crippen LogP contribution in [0.5, 0.6) is 0 Å². The van der Waals surface area contributed by atoms with Crippen LogP contribution in [0.2, 0.25) is 0 Å². The lowest BCUT2D eigenvalue weighted by Crippen LogP contribution is -2.39. The first-order chi connectivity index (χ1) is 10.2. The van der Waals surface area contributed by atoms with E-state index in [0.29, 0.717) is 11.6 Å². The molecule has 4 nitrogen and oxygen atoms in total. The summed E-state index contributed by atoms with van der Waals surface area (Å²) < 4.78 is 0. The molecule has 4 heteroatoms. The lowest BCUT2D eigenvalue weighted by atomic mass is 9.95. The Hall–Kier alpha value is -2.20. The summed E-state index contributed by atoms with van der Waals surface area (Å²) in [6, 6.07) is 12.1. The number of hydrogen-bond donors (Lipinski definition) is 0. The highest BCUT2D eigenvalue weighted by Crippen LogP contribution is 2.36. The number of carbonyl (C=O) groups excluding carboxylic acids is 1. The first kappa shape index (κ1) is 13.8. The van der Waals surface area contributed by atoms with Gasteiger partial charge in [-0.15, -0.1) is 0 Å². The van der Waals surface area contributed by atoms with E-state index in [1.807, 2.05) is 23.1 Å². The predicted molar refractivity (Wildman–Crippen MR) is 83.4 cm³/mol. The maximum Gasteiger partial charge on any atom is 0.258 e. The Morgan fingerprint density at radius 2 is 1.90 bits per heavy atom. The van der Waals surface area contributed by atoms with E-state index in [0.717, 1.165) is 18.7 Å². The van der Waals surface area contributed by atoms with Gasteiger partial charge in [-0.2, -0.15) is 0 Å². The molecule has 1 unspecified atom stereocenters. The molecular weight excluding hydrogens is 262 g/mol. The average Bonchev–Trinajstić information content (AvgIpc) is 2.54. The molecule has 2 heterocycles. The largest absolute Gasteiger partial charge is 0.308 e. The van der Waals surface area contributed by atoms with E-state index >= 15 is 0 Å². The zero-order valence-corrected chi connectivity index (χ0v) is 12.4. The Labute approximate surface area is 125 Å². The Kier molecular flexibility index (Phi) is 3.71. The molecule has 0 saturated heterocycles. The van der Waals surface area contributed by atoms with E-state index in [9.17, 15) is 4.79 Å². The van der Waals surface area contributed by atoms with Crippen molar-refractivity contribution in [2.45, 2.75) is 12.5 Å². The third-order valence-electron chi connectivity index (χ3n) is 4.01. The van der Waals surface area contributed by atoms with Crippen molar-refractivity contribution in [1.29, 1.82) is 0 Å². The fourth-order valence-electron chi connectivity index (χ4n) is 2.94. The number of carbonyl (C=O) groups is 1. The summed E-state index contributed by atoms with van der Waals surface area (Å²) in [5.74, 6) is 0.0436. The first-order valence-corrected chi connectivity index (χ1v) is 7.15. The minimum Gasteiger partial charge on any atom is -0.308 e. The Morgan fingerprint density at radius 1 is 1.19 bits per heavy atom. The van der Waals surface area contributed by atoms with Gasteiger partial charge in [0.1, 0.15) is 0 Å². The molecule has 1 aromatic heterocycles. The van der Waals surface area contributed by atoms with Crippen LogP contribution in [0.15, 0.2) is 48.8 Å². The molecule has 0 spiro atoms. The Bertz CT molecular complexity index is 639. The fourth-order valence-corrected chi connectivity index (χ4v) is 2.94. The van der Waals surface area contributed by atoms with Gasteiger partial charge in [-0.1, -0.05) is 18.2 Å². The summed E-state index contributed by atoms with van der Waals surface area (Å²) in [7, 11) is 4.17. The number of nitrogens with zero attached hydrogens (tertiary/aromatic N) is 3. The van der Waals surface area contributed by atoms with Gasteiger partial charge >= 0.3 is 0 Å². The van der Waals surface area contributed by atoms with E-state index in [2.05, 4.69) is 30.0 Å². The zero-order chi connectivity index (χ0) is 14.8. The molecule has 2 aromatic rings. The van der Waals surface area contributed by atoms with E-state index in [-0.39, 0.29) is 5.91 Å². The minimum absolute atomic E-state index is 0.0436. The molecule has 1 aliphatic rings.